The van der Waals surface area contributed by atoms with Gasteiger partial charge in [-0.05, 0) is 73.5 Å². The van der Waals surface area contributed by atoms with Crippen LogP contribution in [-0.4, -0.2) is 42.4 Å². The number of hydrogen-bond donors (Lipinski definition) is 2. The lowest BCUT2D eigenvalue weighted by Crippen LogP contribution is -2.43. The lowest BCUT2D eigenvalue weighted by molar-refractivity contribution is -0.136. The molecular weight excluding hydrogens is 393 g/mol. The maximum Gasteiger partial charge on any atom is 0.230 e. The predicted molar refractivity (Wildman–Crippen MR) is 117 cm³/mol. The van der Waals surface area contributed by atoms with E-state index in [1.54, 1.807) is 6.07 Å². The SMILES string of the molecule is O=C1CC(C(=O)N(C[C@@H]2CNC[C@@H]2Cc2ccccc2)C2CC2)c2cc(F)ccc2N1. The van der Waals surface area contributed by atoms with Crippen LogP contribution in [0.3, 0.4) is 0 Å². The van der Waals surface area contributed by atoms with Crippen LogP contribution in [0.25, 0.3) is 0 Å². The van der Waals surface area contributed by atoms with E-state index < -0.39 is 5.92 Å². The van der Waals surface area contributed by atoms with Crippen LogP contribution in [0.2, 0.25) is 0 Å². The van der Waals surface area contributed by atoms with Crippen LogP contribution in [0, 0.1) is 17.7 Å². The fraction of sp³-hybridized carbons (Fsp3) is 0.440. The van der Waals surface area contributed by atoms with Gasteiger partial charge in [0, 0.05) is 24.7 Å². The number of amides is 2. The quantitative estimate of drug-likeness (QED) is 0.752. The van der Waals surface area contributed by atoms with Gasteiger partial charge in [-0.2, -0.15) is 0 Å². The van der Waals surface area contributed by atoms with Crippen LogP contribution >= 0.6 is 0 Å². The summed E-state index contributed by atoms with van der Waals surface area (Å²) in [7, 11) is 0. The largest absolute Gasteiger partial charge is 0.339 e. The Balaban J connectivity index is 1.35. The molecule has 0 bridgehead atoms. The molecule has 2 amide bonds. The molecule has 0 spiro atoms. The fourth-order valence-corrected chi connectivity index (χ4v) is 5.07. The normalized spacial score (nSPS) is 25.1. The highest BCUT2D eigenvalue weighted by molar-refractivity contribution is 6.01. The Labute approximate surface area is 182 Å². The van der Waals surface area contributed by atoms with Crippen molar-refractivity contribution in [1.82, 2.24) is 10.2 Å². The van der Waals surface area contributed by atoms with Gasteiger partial charge in [-0.15, -0.1) is 0 Å². The van der Waals surface area contributed by atoms with E-state index in [9.17, 15) is 14.0 Å². The Morgan fingerprint density at radius 3 is 2.61 bits per heavy atom. The zero-order valence-corrected chi connectivity index (χ0v) is 17.5. The van der Waals surface area contributed by atoms with E-state index in [0.29, 0.717) is 29.6 Å². The maximum absolute atomic E-state index is 13.9. The van der Waals surface area contributed by atoms with E-state index in [1.807, 2.05) is 11.0 Å². The first-order valence-corrected chi connectivity index (χ1v) is 11.2. The van der Waals surface area contributed by atoms with Gasteiger partial charge in [0.05, 0.1) is 5.92 Å². The van der Waals surface area contributed by atoms with Crippen molar-refractivity contribution >= 4 is 17.5 Å². The Morgan fingerprint density at radius 1 is 1.06 bits per heavy atom. The number of hydrogen-bond acceptors (Lipinski definition) is 3. The number of rotatable bonds is 6. The van der Waals surface area contributed by atoms with Gasteiger partial charge in [0.2, 0.25) is 11.8 Å². The molecule has 5 nitrogen and oxygen atoms in total. The highest BCUT2D eigenvalue weighted by Gasteiger charge is 2.41. The van der Waals surface area contributed by atoms with E-state index >= 15 is 0 Å². The summed E-state index contributed by atoms with van der Waals surface area (Å²) in [4.78, 5) is 27.9. The molecule has 0 radical (unpaired) electrons. The van der Waals surface area contributed by atoms with Crippen molar-refractivity contribution in [1.29, 1.82) is 0 Å². The summed E-state index contributed by atoms with van der Waals surface area (Å²) in [6.45, 7) is 2.53. The van der Waals surface area contributed by atoms with Crippen LogP contribution < -0.4 is 10.6 Å². The molecule has 2 N–H and O–H groups in total. The van der Waals surface area contributed by atoms with E-state index in [1.165, 1.54) is 17.7 Å². The van der Waals surface area contributed by atoms with Crippen molar-refractivity contribution in [3.05, 3.63) is 65.5 Å². The monoisotopic (exact) mass is 421 g/mol. The van der Waals surface area contributed by atoms with Crippen molar-refractivity contribution in [2.24, 2.45) is 11.8 Å². The van der Waals surface area contributed by atoms with Crippen molar-refractivity contribution in [3.63, 3.8) is 0 Å². The van der Waals surface area contributed by atoms with Gasteiger partial charge in [-0.3, -0.25) is 9.59 Å². The van der Waals surface area contributed by atoms with Crippen molar-refractivity contribution in [2.75, 3.05) is 25.0 Å². The van der Waals surface area contributed by atoms with Gasteiger partial charge in [-0.1, -0.05) is 30.3 Å². The molecule has 3 atom stereocenters. The number of benzene rings is 2. The zero-order valence-electron chi connectivity index (χ0n) is 17.5. The van der Waals surface area contributed by atoms with Crippen LogP contribution in [-0.2, 0) is 16.0 Å². The van der Waals surface area contributed by atoms with Gasteiger partial charge >= 0.3 is 0 Å². The molecule has 6 heteroatoms. The second kappa shape index (κ2) is 8.42. The van der Waals surface area contributed by atoms with Gasteiger partial charge in [0.1, 0.15) is 5.82 Å². The Hall–Kier alpha value is -2.73. The fourth-order valence-electron chi connectivity index (χ4n) is 5.07. The molecule has 0 aromatic heterocycles. The number of anilines is 1. The van der Waals surface area contributed by atoms with Crippen LogP contribution in [0.5, 0.6) is 0 Å². The second-order valence-electron chi connectivity index (χ2n) is 9.13. The molecule has 31 heavy (non-hydrogen) atoms. The standard InChI is InChI=1S/C25H28FN3O2/c26-19-6-9-23-21(11-19)22(12-24(30)28-23)25(31)29(20-7-8-20)15-18-14-27-13-17(18)10-16-4-2-1-3-5-16/h1-6,9,11,17-18,20,22,27H,7-8,10,12-15H2,(H,28,30)/t17-,18-,22?/m0/s1. The smallest absolute Gasteiger partial charge is 0.230 e. The Bertz CT molecular complexity index is 976. The minimum absolute atomic E-state index is 0.0328. The zero-order chi connectivity index (χ0) is 21.4. The molecule has 1 saturated carbocycles. The molecule has 5 rings (SSSR count). The number of carbonyl (C=O) groups excluding carboxylic acids is 2. The first kappa shape index (κ1) is 20.2. The van der Waals surface area contributed by atoms with E-state index in [0.717, 1.165) is 32.4 Å². The molecule has 2 fully saturated rings. The summed E-state index contributed by atoms with van der Waals surface area (Å²) in [5, 5.41) is 6.28. The van der Waals surface area contributed by atoms with Crippen molar-refractivity contribution < 1.29 is 14.0 Å². The van der Waals surface area contributed by atoms with E-state index in [-0.39, 0.29) is 30.1 Å². The summed E-state index contributed by atoms with van der Waals surface area (Å²) < 4.78 is 13.9. The minimum atomic E-state index is -0.609. The number of fused-ring (bicyclic) bond motifs is 1. The first-order valence-electron chi connectivity index (χ1n) is 11.2. The third-order valence-corrected chi connectivity index (χ3v) is 6.87. The average Bonchev–Trinajstić information content (AvgIpc) is 3.52. The van der Waals surface area contributed by atoms with Gasteiger partial charge in [0.15, 0.2) is 0 Å². The Morgan fingerprint density at radius 2 is 1.84 bits per heavy atom. The molecule has 1 saturated heterocycles. The molecule has 3 aliphatic rings. The number of carbonyl (C=O) groups is 2. The Kier molecular flexibility index (Phi) is 5.48. The maximum atomic E-state index is 13.9. The number of nitrogens with one attached hydrogen (secondary N) is 2. The highest BCUT2D eigenvalue weighted by atomic mass is 19.1. The lowest BCUT2D eigenvalue weighted by atomic mass is 9.87. The molecule has 2 aromatic rings. The van der Waals surface area contributed by atoms with Gasteiger partial charge in [-0.25, -0.2) is 4.39 Å². The molecule has 1 unspecified atom stereocenters. The van der Waals surface area contributed by atoms with Crippen LogP contribution in [0.1, 0.15) is 36.3 Å². The number of nitrogens with zero attached hydrogens (tertiary/aromatic N) is 1. The van der Waals surface area contributed by atoms with Crippen LogP contribution in [0.4, 0.5) is 10.1 Å². The molecule has 162 valence electrons. The average molecular weight is 422 g/mol. The lowest BCUT2D eigenvalue weighted by Gasteiger charge is -2.33. The molecule has 2 heterocycles. The molecular formula is C25H28FN3O2. The minimum Gasteiger partial charge on any atom is -0.339 e. The summed E-state index contributed by atoms with van der Waals surface area (Å²) in [5.41, 5.74) is 2.47. The summed E-state index contributed by atoms with van der Waals surface area (Å²) in [5.74, 6) is -0.368. The summed E-state index contributed by atoms with van der Waals surface area (Å²) in [6.07, 6.45) is 3.08. The topological polar surface area (TPSA) is 61.4 Å². The molecule has 2 aliphatic heterocycles. The highest BCUT2D eigenvalue weighted by Crippen LogP contribution is 2.38. The van der Waals surface area contributed by atoms with E-state index in [4.69, 9.17) is 0 Å². The van der Waals surface area contributed by atoms with Gasteiger partial charge < -0.3 is 15.5 Å². The van der Waals surface area contributed by atoms with Crippen LogP contribution in [0.15, 0.2) is 48.5 Å². The van der Waals surface area contributed by atoms with E-state index in [2.05, 4.69) is 34.9 Å². The third-order valence-electron chi connectivity index (χ3n) is 6.87. The summed E-state index contributed by atoms with van der Waals surface area (Å²) in [6, 6.07) is 15.0. The second-order valence-corrected chi connectivity index (χ2v) is 9.13. The summed E-state index contributed by atoms with van der Waals surface area (Å²) >= 11 is 0. The number of halogens is 1. The first-order chi connectivity index (χ1) is 15.1. The third kappa shape index (κ3) is 4.35. The molecule has 1 aliphatic carbocycles. The van der Waals surface area contributed by atoms with Crippen molar-refractivity contribution in [2.45, 2.75) is 37.6 Å². The van der Waals surface area contributed by atoms with Gasteiger partial charge in [0.25, 0.3) is 0 Å². The predicted octanol–water partition coefficient (Wildman–Crippen LogP) is 3.32. The molecule has 2 aromatic carbocycles. The van der Waals surface area contributed by atoms with Crippen molar-refractivity contribution in [3.8, 4) is 0 Å².